The Morgan fingerprint density at radius 2 is 2.43 bits per heavy atom. The highest BCUT2D eigenvalue weighted by atomic mass is 16.3. The van der Waals surface area contributed by atoms with Crippen LogP contribution in [0, 0.1) is 11.3 Å². The summed E-state index contributed by atoms with van der Waals surface area (Å²) in [6.07, 6.45) is 2.11. The standard InChI is InChI=1S/C10H11N3O/c11-5-8-1-2-10(12-6-8)13-4-3-9(14)7-13/h1-2,6,9,14H,3-4,7H2/t9-/m0/s1. The Morgan fingerprint density at radius 3 is 2.93 bits per heavy atom. The molecule has 0 aliphatic carbocycles. The zero-order valence-electron chi connectivity index (χ0n) is 7.72. The molecule has 4 nitrogen and oxygen atoms in total. The number of aromatic nitrogens is 1. The number of nitriles is 1. The number of pyridine rings is 1. The van der Waals surface area contributed by atoms with E-state index in [-0.39, 0.29) is 6.10 Å². The van der Waals surface area contributed by atoms with Gasteiger partial charge in [0, 0.05) is 19.3 Å². The fourth-order valence-electron chi connectivity index (χ4n) is 1.59. The van der Waals surface area contributed by atoms with Crippen molar-refractivity contribution in [3.8, 4) is 6.07 Å². The Hall–Kier alpha value is -1.60. The van der Waals surface area contributed by atoms with Crippen molar-refractivity contribution in [3.05, 3.63) is 23.9 Å². The topological polar surface area (TPSA) is 60.2 Å². The van der Waals surface area contributed by atoms with Crippen LogP contribution in [0.15, 0.2) is 18.3 Å². The predicted molar refractivity (Wildman–Crippen MR) is 51.8 cm³/mol. The molecular formula is C10H11N3O. The minimum absolute atomic E-state index is 0.243. The third-order valence-electron chi connectivity index (χ3n) is 2.36. The third kappa shape index (κ3) is 1.68. The number of hydrogen-bond acceptors (Lipinski definition) is 4. The third-order valence-corrected chi connectivity index (χ3v) is 2.36. The van der Waals surface area contributed by atoms with Gasteiger partial charge >= 0.3 is 0 Å². The van der Waals surface area contributed by atoms with Crippen molar-refractivity contribution in [1.29, 1.82) is 5.26 Å². The highest BCUT2D eigenvalue weighted by Crippen LogP contribution is 2.17. The molecule has 0 unspecified atom stereocenters. The fraction of sp³-hybridized carbons (Fsp3) is 0.400. The molecule has 1 N–H and O–H groups in total. The Balaban J connectivity index is 2.14. The first-order chi connectivity index (χ1) is 6.79. The van der Waals surface area contributed by atoms with Crippen LogP contribution in [0.3, 0.4) is 0 Å². The minimum atomic E-state index is -0.243. The van der Waals surface area contributed by atoms with E-state index in [1.165, 1.54) is 0 Å². The molecule has 0 amide bonds. The largest absolute Gasteiger partial charge is 0.391 e. The van der Waals surface area contributed by atoms with E-state index in [4.69, 9.17) is 5.26 Å². The summed E-state index contributed by atoms with van der Waals surface area (Å²) >= 11 is 0. The first-order valence-corrected chi connectivity index (χ1v) is 4.59. The number of β-amino-alcohol motifs (C(OH)–C–C–N with tert-alkyl or cyclic N) is 1. The minimum Gasteiger partial charge on any atom is -0.391 e. The lowest BCUT2D eigenvalue weighted by molar-refractivity contribution is 0.198. The van der Waals surface area contributed by atoms with Crippen LogP contribution in [0.4, 0.5) is 5.82 Å². The molecule has 1 fully saturated rings. The molecule has 1 atom stereocenters. The van der Waals surface area contributed by atoms with Gasteiger partial charge in [0.25, 0.3) is 0 Å². The lowest BCUT2D eigenvalue weighted by atomic mass is 10.3. The summed E-state index contributed by atoms with van der Waals surface area (Å²) in [4.78, 5) is 6.18. The smallest absolute Gasteiger partial charge is 0.128 e. The molecule has 1 saturated heterocycles. The van der Waals surface area contributed by atoms with Gasteiger partial charge in [-0.05, 0) is 18.6 Å². The second-order valence-electron chi connectivity index (χ2n) is 3.41. The Labute approximate surface area is 82.4 Å². The van der Waals surface area contributed by atoms with Gasteiger partial charge in [-0.1, -0.05) is 0 Å². The molecule has 1 aliphatic rings. The summed E-state index contributed by atoms with van der Waals surface area (Å²) < 4.78 is 0. The number of aliphatic hydroxyl groups excluding tert-OH is 1. The van der Waals surface area contributed by atoms with Crippen molar-refractivity contribution < 1.29 is 5.11 Å². The first kappa shape index (κ1) is 8.97. The number of aliphatic hydroxyl groups is 1. The molecule has 1 aliphatic heterocycles. The summed E-state index contributed by atoms with van der Waals surface area (Å²) in [5.41, 5.74) is 0.563. The second kappa shape index (κ2) is 3.64. The Bertz CT molecular complexity index is 355. The normalized spacial score (nSPS) is 20.9. The van der Waals surface area contributed by atoms with Crippen LogP contribution in [-0.4, -0.2) is 29.3 Å². The molecule has 0 saturated carbocycles. The van der Waals surface area contributed by atoms with E-state index in [2.05, 4.69) is 4.98 Å². The van der Waals surface area contributed by atoms with Gasteiger partial charge in [-0.15, -0.1) is 0 Å². The van der Waals surface area contributed by atoms with Crippen molar-refractivity contribution in [2.75, 3.05) is 18.0 Å². The lowest BCUT2D eigenvalue weighted by Crippen LogP contribution is -2.21. The molecule has 72 valence electrons. The summed E-state index contributed by atoms with van der Waals surface area (Å²) in [5.74, 6) is 0.834. The van der Waals surface area contributed by atoms with Crippen molar-refractivity contribution >= 4 is 5.82 Å². The molecule has 14 heavy (non-hydrogen) atoms. The Morgan fingerprint density at radius 1 is 1.57 bits per heavy atom. The van der Waals surface area contributed by atoms with E-state index in [1.54, 1.807) is 12.3 Å². The van der Waals surface area contributed by atoms with Crippen LogP contribution in [-0.2, 0) is 0 Å². The maximum atomic E-state index is 9.34. The van der Waals surface area contributed by atoms with Crippen molar-refractivity contribution in [3.63, 3.8) is 0 Å². The summed E-state index contributed by atoms with van der Waals surface area (Å²) in [6.45, 7) is 1.47. The van der Waals surface area contributed by atoms with Crippen LogP contribution >= 0.6 is 0 Å². The second-order valence-corrected chi connectivity index (χ2v) is 3.41. The molecule has 0 radical (unpaired) electrons. The highest BCUT2D eigenvalue weighted by molar-refractivity contribution is 5.42. The van der Waals surface area contributed by atoms with Crippen LogP contribution in [0.2, 0.25) is 0 Å². The quantitative estimate of drug-likeness (QED) is 0.699. The molecule has 0 bridgehead atoms. The summed E-state index contributed by atoms with van der Waals surface area (Å²) in [5, 5.41) is 17.9. The molecule has 0 spiro atoms. The number of hydrogen-bond donors (Lipinski definition) is 1. The van der Waals surface area contributed by atoms with Gasteiger partial charge in [-0.3, -0.25) is 0 Å². The Kier molecular flexibility index (Phi) is 2.33. The molecule has 4 heteroatoms. The van der Waals surface area contributed by atoms with Crippen LogP contribution in [0.1, 0.15) is 12.0 Å². The zero-order chi connectivity index (χ0) is 9.97. The molecule has 1 aromatic rings. The van der Waals surface area contributed by atoms with Crippen LogP contribution < -0.4 is 4.90 Å². The van der Waals surface area contributed by atoms with Crippen LogP contribution in [0.5, 0.6) is 0 Å². The van der Waals surface area contributed by atoms with Gasteiger partial charge in [0.1, 0.15) is 11.9 Å². The maximum Gasteiger partial charge on any atom is 0.128 e. The van der Waals surface area contributed by atoms with E-state index in [9.17, 15) is 5.11 Å². The fourth-order valence-corrected chi connectivity index (χ4v) is 1.59. The monoisotopic (exact) mass is 189 g/mol. The van der Waals surface area contributed by atoms with E-state index in [0.717, 1.165) is 18.8 Å². The van der Waals surface area contributed by atoms with Gasteiger partial charge in [-0.2, -0.15) is 5.26 Å². The SMILES string of the molecule is N#Cc1ccc(N2CC[C@H](O)C2)nc1. The first-order valence-electron chi connectivity index (χ1n) is 4.59. The van der Waals surface area contributed by atoms with Crippen molar-refractivity contribution in [1.82, 2.24) is 4.98 Å². The predicted octanol–water partition coefficient (Wildman–Crippen LogP) is 0.524. The molecular weight excluding hydrogens is 178 g/mol. The average Bonchev–Trinajstić information content (AvgIpc) is 2.65. The van der Waals surface area contributed by atoms with Gasteiger partial charge in [0.05, 0.1) is 11.7 Å². The van der Waals surface area contributed by atoms with Crippen molar-refractivity contribution in [2.24, 2.45) is 0 Å². The lowest BCUT2D eigenvalue weighted by Gasteiger charge is -2.15. The van der Waals surface area contributed by atoms with E-state index in [0.29, 0.717) is 12.1 Å². The zero-order valence-corrected chi connectivity index (χ0v) is 7.72. The maximum absolute atomic E-state index is 9.34. The van der Waals surface area contributed by atoms with E-state index in [1.807, 2.05) is 17.0 Å². The van der Waals surface area contributed by atoms with Crippen molar-refractivity contribution in [2.45, 2.75) is 12.5 Å². The highest BCUT2D eigenvalue weighted by Gasteiger charge is 2.20. The average molecular weight is 189 g/mol. The molecule has 2 heterocycles. The summed E-state index contributed by atoms with van der Waals surface area (Å²) in [6, 6.07) is 5.58. The van der Waals surface area contributed by atoms with Gasteiger partial charge in [0.15, 0.2) is 0 Å². The number of rotatable bonds is 1. The number of anilines is 1. The van der Waals surface area contributed by atoms with E-state index < -0.39 is 0 Å². The molecule has 1 aromatic heterocycles. The van der Waals surface area contributed by atoms with Gasteiger partial charge in [-0.25, -0.2) is 4.98 Å². The molecule has 0 aromatic carbocycles. The molecule has 2 rings (SSSR count). The van der Waals surface area contributed by atoms with Crippen LogP contribution in [0.25, 0.3) is 0 Å². The van der Waals surface area contributed by atoms with Gasteiger partial charge < -0.3 is 10.0 Å². The van der Waals surface area contributed by atoms with Gasteiger partial charge in [0.2, 0.25) is 0 Å². The number of nitrogens with zero attached hydrogens (tertiary/aromatic N) is 3. The van der Waals surface area contributed by atoms with E-state index >= 15 is 0 Å². The summed E-state index contributed by atoms with van der Waals surface area (Å²) in [7, 11) is 0.